The first-order valence-corrected chi connectivity index (χ1v) is 15.5. The highest BCUT2D eigenvalue weighted by Gasteiger charge is 2.53. The van der Waals surface area contributed by atoms with E-state index in [0.29, 0.717) is 24.5 Å². The van der Waals surface area contributed by atoms with E-state index in [4.69, 9.17) is 40.0 Å². The number of hydrogen-bond acceptors (Lipinski definition) is 10. The molecule has 1 aliphatic heterocycles. The highest BCUT2D eigenvalue weighted by Crippen LogP contribution is 2.52. The molecule has 1 aromatic rings. The molecule has 238 valence electrons. The van der Waals surface area contributed by atoms with Gasteiger partial charge in [0.25, 0.3) is 0 Å². The summed E-state index contributed by atoms with van der Waals surface area (Å²) in [6, 6.07) is 8.04. The van der Waals surface area contributed by atoms with Crippen LogP contribution in [0.2, 0.25) is 0 Å². The SMILES string of the molecule is CC(=O)OC[C@H]1O[C@@H](C2=CCC(Cl)C(Cc3ccc(OC4C[C@@H]5C[C@@H]5C4)cc3)=C2)[C@H](OC(C)=O)[C@@H](OC(C)=O)[C@@H]1OC(C)=O. The Morgan fingerprint density at radius 1 is 0.818 bits per heavy atom. The molecule has 0 aromatic heterocycles. The number of alkyl halides is 1. The average molecular weight is 631 g/mol. The van der Waals surface area contributed by atoms with Crippen LogP contribution in [0.1, 0.15) is 58.9 Å². The van der Waals surface area contributed by atoms with Crippen LogP contribution in [0.3, 0.4) is 0 Å². The van der Waals surface area contributed by atoms with Crippen LogP contribution in [-0.4, -0.2) is 72.5 Å². The van der Waals surface area contributed by atoms with Gasteiger partial charge >= 0.3 is 23.9 Å². The van der Waals surface area contributed by atoms with Gasteiger partial charge in [0.05, 0.1) is 11.5 Å². The van der Waals surface area contributed by atoms with Gasteiger partial charge in [-0.1, -0.05) is 24.3 Å². The summed E-state index contributed by atoms with van der Waals surface area (Å²) in [7, 11) is 0. The predicted molar refractivity (Wildman–Crippen MR) is 158 cm³/mol. The van der Waals surface area contributed by atoms with Crippen molar-refractivity contribution in [3.63, 3.8) is 0 Å². The number of carbonyl (C=O) groups is 4. The Balaban J connectivity index is 1.38. The monoisotopic (exact) mass is 630 g/mol. The van der Waals surface area contributed by atoms with Crippen LogP contribution in [0.4, 0.5) is 0 Å². The van der Waals surface area contributed by atoms with Crippen molar-refractivity contribution >= 4 is 35.5 Å². The number of ether oxygens (including phenoxy) is 6. The highest BCUT2D eigenvalue weighted by atomic mass is 35.5. The molecule has 9 atom stereocenters. The van der Waals surface area contributed by atoms with Crippen LogP contribution in [0.5, 0.6) is 5.75 Å². The fourth-order valence-electron chi connectivity index (χ4n) is 6.48. The lowest BCUT2D eigenvalue weighted by Gasteiger charge is -2.45. The highest BCUT2D eigenvalue weighted by molar-refractivity contribution is 6.22. The predicted octanol–water partition coefficient (Wildman–Crippen LogP) is 4.40. The van der Waals surface area contributed by atoms with Crippen molar-refractivity contribution in [2.45, 2.75) is 102 Å². The van der Waals surface area contributed by atoms with Gasteiger partial charge in [-0.2, -0.15) is 0 Å². The number of esters is 4. The van der Waals surface area contributed by atoms with Crippen LogP contribution in [0, 0.1) is 11.8 Å². The Bertz CT molecular complexity index is 1310. The van der Waals surface area contributed by atoms with Crippen molar-refractivity contribution in [3.05, 3.63) is 53.1 Å². The van der Waals surface area contributed by atoms with Gasteiger partial charge in [0, 0.05) is 27.7 Å². The minimum Gasteiger partial charge on any atom is -0.490 e. The summed E-state index contributed by atoms with van der Waals surface area (Å²) >= 11 is 6.76. The summed E-state index contributed by atoms with van der Waals surface area (Å²) in [4.78, 5) is 48.1. The van der Waals surface area contributed by atoms with E-state index < -0.39 is 54.4 Å². The maximum Gasteiger partial charge on any atom is 0.303 e. The molecule has 44 heavy (non-hydrogen) atoms. The van der Waals surface area contributed by atoms with E-state index in [1.165, 1.54) is 34.1 Å². The number of hydrogen-bond donors (Lipinski definition) is 0. The van der Waals surface area contributed by atoms with Crippen molar-refractivity contribution in [1.82, 2.24) is 0 Å². The number of halogens is 1. The van der Waals surface area contributed by atoms with Gasteiger partial charge in [-0.25, -0.2) is 0 Å². The lowest BCUT2D eigenvalue weighted by molar-refractivity contribution is -0.245. The third-order valence-electron chi connectivity index (χ3n) is 8.47. The fraction of sp³-hybridized carbons (Fsp3) is 0.576. The van der Waals surface area contributed by atoms with Gasteiger partial charge in [-0.15, -0.1) is 11.6 Å². The second-order valence-electron chi connectivity index (χ2n) is 12.0. The van der Waals surface area contributed by atoms with Crippen molar-refractivity contribution in [2.24, 2.45) is 11.8 Å². The smallest absolute Gasteiger partial charge is 0.303 e. The van der Waals surface area contributed by atoms with Gasteiger partial charge in [0.2, 0.25) is 0 Å². The average Bonchev–Trinajstić information content (AvgIpc) is 3.56. The Morgan fingerprint density at radius 2 is 1.43 bits per heavy atom. The molecule has 3 fully saturated rings. The number of carbonyl (C=O) groups excluding carboxylic acids is 4. The van der Waals surface area contributed by atoms with Crippen molar-refractivity contribution in [2.75, 3.05) is 6.61 Å². The molecule has 0 bridgehead atoms. The molecule has 0 N–H and O–H groups in total. The van der Waals surface area contributed by atoms with E-state index in [1.807, 2.05) is 36.4 Å². The first-order valence-electron chi connectivity index (χ1n) is 15.1. The van der Waals surface area contributed by atoms with Crippen LogP contribution in [0.15, 0.2) is 47.6 Å². The van der Waals surface area contributed by atoms with Crippen LogP contribution >= 0.6 is 11.6 Å². The standard InChI is InChI=1S/C33H39ClO10/c1-17(35)39-16-29-31(40-18(2)36)33(42-20(4)38)32(41-19(3)37)30(44-29)22-7-10-28(34)25(12-22)11-21-5-8-26(9-6-21)43-27-14-23-13-24(23)15-27/h5-9,12,23-24,27-33H,10-11,13-16H2,1-4H3/t23-,24+,27?,28?,29-,30+,31-,32+,33+/m1/s1. The molecule has 3 aliphatic carbocycles. The second-order valence-corrected chi connectivity index (χ2v) is 12.6. The Kier molecular flexibility index (Phi) is 10.00. The molecule has 5 rings (SSSR count). The zero-order valence-corrected chi connectivity index (χ0v) is 26.1. The maximum atomic E-state index is 12.2. The van der Waals surface area contributed by atoms with Crippen molar-refractivity contribution in [1.29, 1.82) is 0 Å². The number of rotatable bonds is 10. The molecule has 1 saturated heterocycles. The fourth-order valence-corrected chi connectivity index (χ4v) is 6.71. The molecular formula is C33H39ClO10. The third-order valence-corrected chi connectivity index (χ3v) is 8.93. The van der Waals surface area contributed by atoms with Gasteiger partial charge in [0.15, 0.2) is 18.3 Å². The molecule has 0 radical (unpaired) electrons. The topological polar surface area (TPSA) is 124 Å². The third kappa shape index (κ3) is 8.01. The molecule has 4 aliphatic rings. The Morgan fingerprint density at radius 3 is 2.05 bits per heavy atom. The first-order chi connectivity index (χ1) is 21.0. The van der Waals surface area contributed by atoms with E-state index in [2.05, 4.69) is 0 Å². The van der Waals surface area contributed by atoms with E-state index in [9.17, 15) is 19.2 Å². The van der Waals surface area contributed by atoms with Crippen LogP contribution in [0.25, 0.3) is 0 Å². The van der Waals surface area contributed by atoms with Gasteiger partial charge in [-0.3, -0.25) is 19.2 Å². The molecule has 1 heterocycles. The molecule has 0 amide bonds. The summed E-state index contributed by atoms with van der Waals surface area (Å²) in [6.07, 6.45) is 3.18. The lowest BCUT2D eigenvalue weighted by atomic mass is 9.85. The largest absolute Gasteiger partial charge is 0.490 e. The number of allylic oxidation sites excluding steroid dienone is 2. The van der Waals surface area contributed by atoms with E-state index in [-0.39, 0.29) is 12.0 Å². The summed E-state index contributed by atoms with van der Waals surface area (Å²) in [5.74, 6) is -0.0116. The normalized spacial score (nSPS) is 32.3. The molecule has 2 unspecified atom stereocenters. The lowest BCUT2D eigenvalue weighted by Crippen LogP contribution is -2.62. The number of fused-ring (bicyclic) bond motifs is 1. The summed E-state index contributed by atoms with van der Waals surface area (Å²) in [6.45, 7) is 4.56. The van der Waals surface area contributed by atoms with Gasteiger partial charge in [-0.05, 0) is 72.8 Å². The molecule has 11 heteroatoms. The quantitative estimate of drug-likeness (QED) is 0.209. The van der Waals surface area contributed by atoms with Crippen LogP contribution in [-0.2, 0) is 49.3 Å². The van der Waals surface area contributed by atoms with Crippen molar-refractivity contribution in [3.8, 4) is 5.75 Å². The van der Waals surface area contributed by atoms with E-state index in [0.717, 1.165) is 41.6 Å². The maximum absolute atomic E-state index is 12.2. The minimum absolute atomic E-state index is 0.285. The first kappa shape index (κ1) is 32.0. The summed E-state index contributed by atoms with van der Waals surface area (Å²) < 4.78 is 34.5. The molecule has 10 nitrogen and oxygen atoms in total. The summed E-state index contributed by atoms with van der Waals surface area (Å²) in [5, 5.41) is -0.287. The minimum atomic E-state index is -1.23. The van der Waals surface area contributed by atoms with Crippen molar-refractivity contribution < 1.29 is 47.6 Å². The molecular weight excluding hydrogens is 592 g/mol. The van der Waals surface area contributed by atoms with Gasteiger partial charge in [0.1, 0.15) is 24.6 Å². The van der Waals surface area contributed by atoms with Crippen LogP contribution < -0.4 is 4.74 Å². The Labute approximate surface area is 262 Å². The molecule has 2 saturated carbocycles. The summed E-state index contributed by atoms with van der Waals surface area (Å²) in [5.41, 5.74) is 2.61. The van der Waals surface area contributed by atoms with E-state index in [1.54, 1.807) is 0 Å². The Hall–Kier alpha value is -3.37. The zero-order valence-electron chi connectivity index (χ0n) is 25.4. The zero-order chi connectivity index (χ0) is 31.5. The molecule has 0 spiro atoms. The van der Waals surface area contributed by atoms with Gasteiger partial charge < -0.3 is 28.4 Å². The van der Waals surface area contributed by atoms with E-state index >= 15 is 0 Å². The second kappa shape index (κ2) is 13.7. The number of benzene rings is 1. The molecule has 1 aromatic carbocycles.